The van der Waals surface area contributed by atoms with Gasteiger partial charge in [0.05, 0.1) is 19.8 Å². The number of ether oxygens (including phenoxy) is 1. The van der Waals surface area contributed by atoms with Crippen LogP contribution in [0.4, 0.5) is 0 Å². The molecule has 0 fully saturated rings. The van der Waals surface area contributed by atoms with Gasteiger partial charge >= 0.3 is 7.82 Å². The fraction of sp³-hybridized carbons (Fsp3) is 1.00. The smallest absolute Gasteiger partial charge is 0.388 e. The average Bonchev–Trinajstić information content (AvgIpc) is 2.70. The normalized spacial score (nSPS) is 14.8. The summed E-state index contributed by atoms with van der Waals surface area (Å²) in [6.45, 7) is 2.66. The van der Waals surface area contributed by atoms with Crippen LogP contribution in [0.2, 0.25) is 0 Å². The van der Waals surface area contributed by atoms with Crippen molar-refractivity contribution in [2.45, 2.75) is 103 Å². The van der Waals surface area contributed by atoms with E-state index in [1.165, 1.54) is 77.0 Å². The summed E-state index contributed by atoms with van der Waals surface area (Å²) < 4.78 is 26.0. The van der Waals surface area contributed by atoms with Gasteiger partial charge in [-0.25, -0.2) is 4.57 Å². The predicted molar refractivity (Wildman–Crippen MR) is 118 cm³/mol. The van der Waals surface area contributed by atoms with Gasteiger partial charge in [0.15, 0.2) is 0 Å². The van der Waals surface area contributed by atoms with E-state index >= 15 is 0 Å². The van der Waals surface area contributed by atoms with Gasteiger partial charge in [0, 0.05) is 13.2 Å². The maximum absolute atomic E-state index is 11.4. The third-order valence-electron chi connectivity index (χ3n) is 4.75. The van der Waals surface area contributed by atoms with Crippen LogP contribution in [0.25, 0.3) is 0 Å². The van der Waals surface area contributed by atoms with Crippen LogP contribution in [-0.2, 0) is 18.3 Å². The fourth-order valence-electron chi connectivity index (χ4n) is 3.05. The summed E-state index contributed by atoms with van der Waals surface area (Å²) in [6, 6.07) is 0. The molecule has 2 atom stereocenters. The monoisotopic (exact) mass is 439 g/mol. The summed E-state index contributed by atoms with van der Waals surface area (Å²) in [6.07, 6.45) is 17.4. The molecule has 0 bridgehead atoms. The first kappa shape index (κ1) is 29.0. The van der Waals surface area contributed by atoms with Gasteiger partial charge in [-0.15, -0.1) is 0 Å². The molecular formula is C21H46NO6P. The van der Waals surface area contributed by atoms with Gasteiger partial charge in [0.2, 0.25) is 0 Å². The second-order valence-electron chi connectivity index (χ2n) is 7.71. The van der Waals surface area contributed by atoms with Crippen LogP contribution in [0, 0.1) is 0 Å². The van der Waals surface area contributed by atoms with Crippen LogP contribution in [0.1, 0.15) is 96.8 Å². The van der Waals surface area contributed by atoms with Crippen LogP contribution in [0.5, 0.6) is 0 Å². The Bertz CT molecular complexity index is 386. The van der Waals surface area contributed by atoms with Crippen LogP contribution < -0.4 is 5.73 Å². The van der Waals surface area contributed by atoms with E-state index in [2.05, 4.69) is 16.0 Å². The largest absolute Gasteiger partial charge is 0.472 e. The van der Waals surface area contributed by atoms with E-state index in [0.717, 1.165) is 12.8 Å². The van der Waals surface area contributed by atoms with E-state index in [1.54, 1.807) is 0 Å². The number of nitrogens with two attached hydrogens (primary N) is 1. The van der Waals surface area contributed by atoms with Crippen LogP contribution in [0.15, 0.2) is 0 Å². The van der Waals surface area contributed by atoms with E-state index < -0.39 is 13.9 Å². The van der Waals surface area contributed by atoms with Gasteiger partial charge in [0.1, 0.15) is 6.10 Å². The molecule has 0 rings (SSSR count). The van der Waals surface area contributed by atoms with Gasteiger partial charge in [-0.2, -0.15) is 0 Å². The van der Waals surface area contributed by atoms with Gasteiger partial charge in [-0.1, -0.05) is 90.4 Å². The number of hydrogen-bond acceptors (Lipinski definition) is 6. The molecule has 0 aromatic heterocycles. The molecule has 0 spiro atoms. The molecule has 0 aromatic rings. The molecule has 0 radical (unpaired) electrons. The van der Waals surface area contributed by atoms with Crippen molar-refractivity contribution >= 4 is 7.82 Å². The van der Waals surface area contributed by atoms with Crippen LogP contribution >= 0.6 is 7.82 Å². The minimum absolute atomic E-state index is 0.0699. The molecule has 0 aliphatic heterocycles. The molecule has 0 amide bonds. The minimum Gasteiger partial charge on any atom is -0.388 e. The number of hydrogen-bond donors (Lipinski definition) is 3. The maximum atomic E-state index is 11.4. The molecule has 1 unspecified atom stereocenters. The summed E-state index contributed by atoms with van der Waals surface area (Å²) in [7, 11) is -4.13. The fourth-order valence-corrected chi connectivity index (χ4v) is 3.82. The quantitative estimate of drug-likeness (QED) is 0.153. The Morgan fingerprint density at radius 2 is 1.24 bits per heavy atom. The lowest BCUT2D eigenvalue weighted by molar-refractivity contribution is 0.00230. The highest BCUT2D eigenvalue weighted by molar-refractivity contribution is 7.47. The van der Waals surface area contributed by atoms with E-state index in [1.807, 2.05) is 0 Å². The second kappa shape index (κ2) is 21.2. The standard InChI is InChI=1S/C21H46NO6P/c1-2-3-4-5-6-7-8-9-10-11-12-13-14-15-17-26-19-21(23)20-28-29(24,25)27-18-16-22/h21,23H,2-20,22H2,1H3,(H,24,25)/t21-/m0/s1. The van der Waals surface area contributed by atoms with Gasteiger partial charge in [0.25, 0.3) is 0 Å². The first-order valence-electron chi connectivity index (χ1n) is 11.6. The van der Waals surface area contributed by atoms with E-state index in [-0.39, 0.29) is 26.4 Å². The number of phosphoric acid groups is 1. The van der Waals surface area contributed by atoms with Crippen molar-refractivity contribution in [3.05, 3.63) is 0 Å². The van der Waals surface area contributed by atoms with Crippen LogP contribution in [-0.4, -0.2) is 49.1 Å². The number of rotatable bonds is 23. The Labute approximate surface area is 178 Å². The summed E-state index contributed by atoms with van der Waals surface area (Å²) in [4.78, 5) is 9.31. The molecular weight excluding hydrogens is 393 g/mol. The zero-order chi connectivity index (χ0) is 21.6. The number of phosphoric ester groups is 1. The zero-order valence-corrected chi connectivity index (χ0v) is 19.5. The molecule has 4 N–H and O–H groups in total. The molecule has 7 nitrogen and oxygen atoms in total. The SMILES string of the molecule is CCCCCCCCCCCCCCCCOC[C@H](O)COP(=O)(O)OCCN. The van der Waals surface area contributed by atoms with Gasteiger partial charge in [-0.05, 0) is 6.42 Å². The highest BCUT2D eigenvalue weighted by atomic mass is 31.2. The van der Waals surface area contributed by atoms with E-state index in [9.17, 15) is 14.6 Å². The van der Waals surface area contributed by atoms with E-state index in [4.69, 9.17) is 10.5 Å². The first-order valence-corrected chi connectivity index (χ1v) is 13.1. The zero-order valence-electron chi connectivity index (χ0n) is 18.6. The van der Waals surface area contributed by atoms with E-state index in [0.29, 0.717) is 6.61 Å². The number of unbranched alkanes of at least 4 members (excludes halogenated alkanes) is 13. The van der Waals surface area contributed by atoms with Crippen molar-refractivity contribution in [3.8, 4) is 0 Å². The van der Waals surface area contributed by atoms with Crippen molar-refractivity contribution in [3.63, 3.8) is 0 Å². The van der Waals surface area contributed by atoms with Gasteiger partial charge < -0.3 is 20.5 Å². The second-order valence-corrected chi connectivity index (χ2v) is 9.16. The Kier molecular flexibility index (Phi) is 21.2. The Morgan fingerprint density at radius 1 is 0.759 bits per heavy atom. The van der Waals surface area contributed by atoms with Crippen molar-refractivity contribution in [1.82, 2.24) is 0 Å². The Balaban J connectivity index is 3.27. The lowest BCUT2D eigenvalue weighted by Crippen LogP contribution is -2.22. The number of aliphatic hydroxyl groups is 1. The maximum Gasteiger partial charge on any atom is 0.472 e. The summed E-state index contributed by atoms with van der Waals surface area (Å²) in [5.41, 5.74) is 5.18. The Morgan fingerprint density at radius 3 is 1.72 bits per heavy atom. The molecule has 0 aliphatic carbocycles. The lowest BCUT2D eigenvalue weighted by atomic mass is 10.0. The third-order valence-corrected chi connectivity index (χ3v) is 5.74. The van der Waals surface area contributed by atoms with Gasteiger partial charge in [-0.3, -0.25) is 9.05 Å². The first-order chi connectivity index (χ1) is 14.0. The molecule has 176 valence electrons. The third kappa shape index (κ3) is 22.5. The molecule has 8 heteroatoms. The molecule has 29 heavy (non-hydrogen) atoms. The highest BCUT2D eigenvalue weighted by Gasteiger charge is 2.22. The molecule has 0 aromatic carbocycles. The topological polar surface area (TPSA) is 111 Å². The van der Waals surface area contributed by atoms with Crippen molar-refractivity contribution in [1.29, 1.82) is 0 Å². The molecule has 0 saturated heterocycles. The van der Waals surface area contributed by atoms with Crippen LogP contribution in [0.3, 0.4) is 0 Å². The summed E-state index contributed by atoms with van der Waals surface area (Å²) >= 11 is 0. The Hall–Kier alpha value is -0.0100. The predicted octanol–water partition coefficient (Wildman–Crippen LogP) is 4.94. The summed E-state index contributed by atoms with van der Waals surface area (Å²) in [5.74, 6) is 0. The van der Waals surface area contributed by atoms with Crippen molar-refractivity contribution in [2.75, 3.05) is 33.0 Å². The highest BCUT2D eigenvalue weighted by Crippen LogP contribution is 2.42. The van der Waals surface area contributed by atoms with Crippen molar-refractivity contribution in [2.24, 2.45) is 5.73 Å². The molecule has 0 saturated carbocycles. The molecule has 0 aliphatic rings. The number of aliphatic hydroxyl groups excluding tert-OH is 1. The van der Waals surface area contributed by atoms with Crippen molar-refractivity contribution < 1.29 is 28.3 Å². The molecule has 0 heterocycles. The summed E-state index contributed by atoms with van der Waals surface area (Å²) in [5, 5.41) is 9.69. The lowest BCUT2D eigenvalue weighted by Gasteiger charge is -2.15. The minimum atomic E-state index is -4.13. The average molecular weight is 440 g/mol.